The van der Waals surface area contributed by atoms with Crippen LogP contribution in [0.15, 0.2) is 18.2 Å². The van der Waals surface area contributed by atoms with E-state index in [9.17, 15) is 12.8 Å². The van der Waals surface area contributed by atoms with Crippen molar-refractivity contribution >= 4 is 15.7 Å². The van der Waals surface area contributed by atoms with Crippen LogP contribution < -0.4 is 4.72 Å². The molecular weight excluding hydrogens is 235 g/mol. The van der Waals surface area contributed by atoms with E-state index in [1.54, 1.807) is 6.07 Å². The molecule has 0 fully saturated rings. The maximum absolute atomic E-state index is 13.3. The third-order valence-corrected chi connectivity index (χ3v) is 2.97. The lowest BCUT2D eigenvalue weighted by Crippen LogP contribution is -2.19. The minimum atomic E-state index is -3.75. The third kappa shape index (κ3) is 3.18. The molecule has 1 rings (SSSR count). The molecule has 0 aliphatic rings. The lowest BCUT2D eigenvalue weighted by atomic mass is 10.2. The minimum absolute atomic E-state index is 0.0996. The summed E-state index contributed by atoms with van der Waals surface area (Å²) in [6.45, 7) is -0.548. The van der Waals surface area contributed by atoms with Crippen LogP contribution in [0.5, 0.6) is 0 Å². The van der Waals surface area contributed by atoms with Gasteiger partial charge in [-0.2, -0.15) is 5.26 Å². The highest BCUT2D eigenvalue weighted by Gasteiger charge is 2.12. The second kappa shape index (κ2) is 4.92. The molecule has 0 saturated carbocycles. The Morgan fingerprint density at radius 3 is 2.69 bits per heavy atom. The Morgan fingerprint density at radius 1 is 1.50 bits per heavy atom. The summed E-state index contributed by atoms with van der Waals surface area (Å²) in [5.41, 5.74) is -0.143. The van der Waals surface area contributed by atoms with Crippen LogP contribution in [-0.2, 0) is 10.0 Å². The number of aliphatic hydroxyl groups excluding tert-OH is 1. The Bertz CT molecular complexity index is 522. The smallest absolute Gasteiger partial charge is 0.235 e. The zero-order chi connectivity index (χ0) is 12.2. The highest BCUT2D eigenvalue weighted by Crippen LogP contribution is 2.16. The molecule has 0 unspecified atom stereocenters. The number of aliphatic hydroxyl groups is 1. The minimum Gasteiger partial charge on any atom is -0.395 e. The predicted octanol–water partition coefficient (Wildman–Crippen LogP) is 0.431. The van der Waals surface area contributed by atoms with Crippen molar-refractivity contribution < 1.29 is 17.9 Å². The maximum atomic E-state index is 13.3. The van der Waals surface area contributed by atoms with Gasteiger partial charge in [0.05, 0.1) is 29.7 Å². The number of rotatable bonds is 4. The number of nitrogens with one attached hydrogen (secondary N) is 1. The topological polar surface area (TPSA) is 90.2 Å². The van der Waals surface area contributed by atoms with Crippen LogP contribution in [0.2, 0.25) is 0 Å². The van der Waals surface area contributed by atoms with Gasteiger partial charge in [-0.1, -0.05) is 0 Å². The molecule has 0 bridgehead atoms. The van der Waals surface area contributed by atoms with Crippen LogP contribution >= 0.6 is 0 Å². The summed E-state index contributed by atoms with van der Waals surface area (Å²) in [7, 11) is -3.75. The number of hydrogen-bond acceptors (Lipinski definition) is 4. The van der Waals surface area contributed by atoms with Crippen LogP contribution in [0.25, 0.3) is 0 Å². The van der Waals surface area contributed by atoms with E-state index in [-0.39, 0.29) is 11.3 Å². The van der Waals surface area contributed by atoms with E-state index in [4.69, 9.17) is 10.4 Å². The van der Waals surface area contributed by atoms with E-state index >= 15 is 0 Å². The average molecular weight is 244 g/mol. The maximum Gasteiger partial charge on any atom is 0.235 e. The fraction of sp³-hybridized carbons (Fsp3) is 0.222. The summed E-state index contributed by atoms with van der Waals surface area (Å²) < 4.78 is 37.6. The van der Waals surface area contributed by atoms with E-state index in [0.717, 1.165) is 12.1 Å². The number of benzene rings is 1. The number of hydrogen-bond donors (Lipinski definition) is 2. The number of anilines is 1. The van der Waals surface area contributed by atoms with Crippen LogP contribution in [0.1, 0.15) is 5.56 Å². The molecular formula is C9H9FN2O3S. The molecule has 0 aliphatic heterocycles. The summed E-state index contributed by atoms with van der Waals surface area (Å²) >= 11 is 0. The van der Waals surface area contributed by atoms with Crippen LogP contribution in [0.4, 0.5) is 10.1 Å². The first kappa shape index (κ1) is 12.4. The molecule has 2 N–H and O–H groups in total. The Labute approximate surface area is 92.2 Å². The normalized spacial score (nSPS) is 10.8. The molecule has 0 amide bonds. The number of sulfonamides is 1. The Hall–Kier alpha value is -1.65. The number of halogens is 1. The van der Waals surface area contributed by atoms with Crippen molar-refractivity contribution in [3.05, 3.63) is 29.6 Å². The molecule has 0 aromatic heterocycles. The molecule has 0 atom stereocenters. The molecule has 0 saturated heterocycles. The fourth-order valence-electron chi connectivity index (χ4n) is 1.01. The quantitative estimate of drug-likeness (QED) is 0.803. The van der Waals surface area contributed by atoms with E-state index in [2.05, 4.69) is 0 Å². The second-order valence-corrected chi connectivity index (χ2v) is 4.79. The first-order valence-electron chi connectivity index (χ1n) is 4.29. The average Bonchev–Trinajstić information content (AvgIpc) is 2.20. The van der Waals surface area contributed by atoms with Crippen molar-refractivity contribution in [2.75, 3.05) is 17.1 Å². The Morgan fingerprint density at radius 2 is 2.19 bits per heavy atom. The van der Waals surface area contributed by atoms with Gasteiger partial charge in [-0.25, -0.2) is 12.8 Å². The van der Waals surface area contributed by atoms with Crippen LogP contribution in [0.3, 0.4) is 0 Å². The lowest BCUT2D eigenvalue weighted by molar-refractivity contribution is 0.320. The van der Waals surface area contributed by atoms with Crippen molar-refractivity contribution in [1.82, 2.24) is 0 Å². The predicted molar refractivity (Wildman–Crippen MR) is 55.6 cm³/mol. The van der Waals surface area contributed by atoms with Gasteiger partial charge in [0.2, 0.25) is 10.0 Å². The third-order valence-electron chi connectivity index (χ3n) is 1.72. The van der Waals surface area contributed by atoms with Crippen molar-refractivity contribution in [1.29, 1.82) is 5.26 Å². The highest BCUT2D eigenvalue weighted by molar-refractivity contribution is 7.92. The van der Waals surface area contributed by atoms with Crippen molar-refractivity contribution in [3.8, 4) is 6.07 Å². The summed E-state index contributed by atoms with van der Waals surface area (Å²) in [6, 6.07) is 5.10. The monoisotopic (exact) mass is 244 g/mol. The standard InChI is InChI=1S/C9H9FN2O3S/c10-8-5-7(6-11)1-2-9(8)12-16(14,15)4-3-13/h1-2,5,12-13H,3-4H2. The van der Waals surface area contributed by atoms with Gasteiger partial charge in [0, 0.05) is 0 Å². The molecule has 1 aromatic rings. The first-order chi connectivity index (χ1) is 7.48. The first-order valence-corrected chi connectivity index (χ1v) is 5.95. The lowest BCUT2D eigenvalue weighted by Gasteiger charge is -2.07. The van der Waals surface area contributed by atoms with E-state index in [1.807, 2.05) is 4.72 Å². The molecule has 0 radical (unpaired) electrons. The van der Waals surface area contributed by atoms with Gasteiger partial charge < -0.3 is 5.11 Å². The molecule has 0 aliphatic carbocycles. The van der Waals surface area contributed by atoms with Gasteiger partial charge in [0.25, 0.3) is 0 Å². The number of nitrogens with zero attached hydrogens (tertiary/aromatic N) is 1. The number of nitriles is 1. The highest BCUT2D eigenvalue weighted by atomic mass is 32.2. The van der Waals surface area contributed by atoms with Gasteiger partial charge in [0.1, 0.15) is 5.82 Å². The second-order valence-electron chi connectivity index (χ2n) is 2.95. The SMILES string of the molecule is N#Cc1ccc(NS(=O)(=O)CCO)c(F)c1. The van der Waals surface area contributed by atoms with Gasteiger partial charge in [-0.15, -0.1) is 0 Å². The van der Waals surface area contributed by atoms with Crippen molar-refractivity contribution in [3.63, 3.8) is 0 Å². The summed E-state index contributed by atoms with van der Waals surface area (Å²) in [6.07, 6.45) is 0. The van der Waals surface area contributed by atoms with E-state index < -0.39 is 28.2 Å². The summed E-state index contributed by atoms with van der Waals surface area (Å²) in [5, 5.41) is 17.0. The van der Waals surface area contributed by atoms with Crippen molar-refractivity contribution in [2.45, 2.75) is 0 Å². The molecule has 1 aromatic carbocycles. The fourth-order valence-corrected chi connectivity index (χ4v) is 1.85. The van der Waals surface area contributed by atoms with Gasteiger partial charge in [-0.05, 0) is 18.2 Å². The van der Waals surface area contributed by atoms with E-state index in [0.29, 0.717) is 0 Å². The van der Waals surface area contributed by atoms with Gasteiger partial charge in [-0.3, -0.25) is 4.72 Å². The summed E-state index contributed by atoms with van der Waals surface area (Å²) in [4.78, 5) is 0. The molecule has 16 heavy (non-hydrogen) atoms. The molecule has 0 spiro atoms. The molecule has 7 heteroatoms. The zero-order valence-electron chi connectivity index (χ0n) is 8.14. The molecule has 86 valence electrons. The molecule has 0 heterocycles. The Balaban J connectivity index is 2.96. The Kier molecular flexibility index (Phi) is 3.82. The van der Waals surface area contributed by atoms with E-state index in [1.165, 1.54) is 6.07 Å². The zero-order valence-corrected chi connectivity index (χ0v) is 8.96. The summed E-state index contributed by atoms with van der Waals surface area (Å²) in [5.74, 6) is -1.34. The van der Waals surface area contributed by atoms with Gasteiger partial charge >= 0.3 is 0 Å². The molecule has 5 nitrogen and oxygen atoms in total. The van der Waals surface area contributed by atoms with Crippen molar-refractivity contribution in [2.24, 2.45) is 0 Å². The van der Waals surface area contributed by atoms with Crippen LogP contribution in [0, 0.1) is 17.1 Å². The van der Waals surface area contributed by atoms with Crippen LogP contribution in [-0.4, -0.2) is 25.9 Å². The van der Waals surface area contributed by atoms with Gasteiger partial charge in [0.15, 0.2) is 0 Å². The largest absolute Gasteiger partial charge is 0.395 e.